The maximum absolute atomic E-state index is 13.6. The van der Waals surface area contributed by atoms with E-state index in [1.165, 1.54) is 11.3 Å². The second-order valence-electron chi connectivity index (χ2n) is 4.50. The number of thiophene rings is 1. The van der Waals surface area contributed by atoms with Crippen molar-refractivity contribution in [2.75, 3.05) is 5.43 Å². The van der Waals surface area contributed by atoms with E-state index in [0.717, 1.165) is 16.8 Å². The lowest BCUT2D eigenvalue weighted by Crippen LogP contribution is -2.35. The van der Waals surface area contributed by atoms with Crippen molar-refractivity contribution in [1.82, 2.24) is 9.66 Å². The molecule has 22 heavy (non-hydrogen) atoms. The first-order chi connectivity index (χ1) is 10.5. The molecule has 0 aliphatic rings. The molecule has 3 rings (SSSR count). The highest BCUT2D eigenvalue weighted by atomic mass is 32.1. The Hall–Kier alpha value is -2.61. The minimum Gasteiger partial charge on any atom is -0.267 e. The SMILES string of the molecule is Cc1nc2sccc2c(=O)n1NC(=O)c1ccc(F)cc1F. The van der Waals surface area contributed by atoms with E-state index >= 15 is 0 Å². The molecular formula is C14H9F2N3O2S. The summed E-state index contributed by atoms with van der Waals surface area (Å²) in [5, 5.41) is 2.07. The van der Waals surface area contributed by atoms with Crippen LogP contribution in [0.3, 0.4) is 0 Å². The van der Waals surface area contributed by atoms with Crippen molar-refractivity contribution in [3.8, 4) is 0 Å². The lowest BCUT2D eigenvalue weighted by atomic mass is 10.2. The van der Waals surface area contributed by atoms with Crippen LogP contribution in [0, 0.1) is 18.6 Å². The number of fused-ring (bicyclic) bond motifs is 1. The number of aryl methyl sites for hydroxylation is 1. The van der Waals surface area contributed by atoms with Crippen molar-refractivity contribution in [3.05, 3.63) is 63.0 Å². The summed E-state index contributed by atoms with van der Waals surface area (Å²) < 4.78 is 27.4. The van der Waals surface area contributed by atoms with Gasteiger partial charge in [0.05, 0.1) is 10.9 Å². The molecule has 112 valence electrons. The van der Waals surface area contributed by atoms with E-state index in [2.05, 4.69) is 10.4 Å². The predicted molar refractivity (Wildman–Crippen MR) is 78.7 cm³/mol. The molecule has 2 heterocycles. The number of hydrogen-bond donors (Lipinski definition) is 1. The fourth-order valence-corrected chi connectivity index (χ4v) is 2.78. The van der Waals surface area contributed by atoms with Gasteiger partial charge in [-0.05, 0) is 30.5 Å². The molecular weight excluding hydrogens is 312 g/mol. The Morgan fingerprint density at radius 2 is 2.09 bits per heavy atom. The van der Waals surface area contributed by atoms with E-state index in [1.807, 2.05) is 0 Å². The van der Waals surface area contributed by atoms with Crippen LogP contribution in [0.15, 0.2) is 34.4 Å². The van der Waals surface area contributed by atoms with Gasteiger partial charge >= 0.3 is 0 Å². The normalized spacial score (nSPS) is 10.9. The summed E-state index contributed by atoms with van der Waals surface area (Å²) in [4.78, 5) is 29.1. The summed E-state index contributed by atoms with van der Waals surface area (Å²) in [6, 6.07) is 4.17. The molecule has 0 saturated heterocycles. The zero-order valence-electron chi connectivity index (χ0n) is 11.3. The van der Waals surface area contributed by atoms with E-state index < -0.39 is 23.1 Å². The van der Waals surface area contributed by atoms with Gasteiger partial charge in [-0.1, -0.05) is 0 Å². The van der Waals surface area contributed by atoms with Crippen LogP contribution in [-0.4, -0.2) is 15.6 Å². The van der Waals surface area contributed by atoms with E-state index in [9.17, 15) is 18.4 Å². The fourth-order valence-electron chi connectivity index (χ4n) is 1.98. The first-order valence-corrected chi connectivity index (χ1v) is 7.08. The summed E-state index contributed by atoms with van der Waals surface area (Å²) >= 11 is 1.30. The number of carbonyl (C=O) groups is 1. The maximum Gasteiger partial charge on any atom is 0.281 e. The van der Waals surface area contributed by atoms with Gasteiger partial charge in [0.25, 0.3) is 11.5 Å². The molecule has 0 aliphatic carbocycles. The summed E-state index contributed by atoms with van der Waals surface area (Å²) in [7, 11) is 0. The van der Waals surface area contributed by atoms with Crippen molar-refractivity contribution in [3.63, 3.8) is 0 Å². The number of carbonyl (C=O) groups excluding carboxylic acids is 1. The van der Waals surface area contributed by atoms with E-state index in [1.54, 1.807) is 18.4 Å². The molecule has 0 bridgehead atoms. The zero-order chi connectivity index (χ0) is 15.9. The van der Waals surface area contributed by atoms with Crippen LogP contribution >= 0.6 is 11.3 Å². The van der Waals surface area contributed by atoms with Gasteiger partial charge in [-0.3, -0.25) is 15.0 Å². The average molecular weight is 321 g/mol. The standard InChI is InChI=1S/C14H9F2N3O2S/c1-7-17-13-10(4-5-22-13)14(21)19(7)18-12(20)9-3-2-8(15)6-11(9)16/h2-6H,1H3,(H,18,20). The van der Waals surface area contributed by atoms with Crippen molar-refractivity contribution in [2.45, 2.75) is 6.92 Å². The van der Waals surface area contributed by atoms with Gasteiger partial charge in [-0.2, -0.15) is 0 Å². The van der Waals surface area contributed by atoms with E-state index in [4.69, 9.17) is 0 Å². The Bertz CT molecular complexity index is 949. The Kier molecular flexibility index (Phi) is 3.45. The number of amides is 1. The molecule has 1 aromatic carbocycles. The van der Waals surface area contributed by atoms with Crippen LogP contribution in [0.25, 0.3) is 10.2 Å². The van der Waals surface area contributed by atoms with Gasteiger partial charge < -0.3 is 0 Å². The molecule has 5 nitrogen and oxygen atoms in total. The monoisotopic (exact) mass is 321 g/mol. The highest BCUT2D eigenvalue weighted by Crippen LogP contribution is 2.15. The van der Waals surface area contributed by atoms with E-state index in [0.29, 0.717) is 16.3 Å². The predicted octanol–water partition coefficient (Wildman–Crippen LogP) is 2.43. The molecule has 0 radical (unpaired) electrons. The number of nitrogens with one attached hydrogen (secondary N) is 1. The number of nitrogens with zero attached hydrogens (tertiary/aromatic N) is 2. The second kappa shape index (κ2) is 5.30. The van der Waals surface area contributed by atoms with Crippen molar-refractivity contribution in [1.29, 1.82) is 0 Å². The number of hydrogen-bond acceptors (Lipinski definition) is 4. The highest BCUT2D eigenvalue weighted by molar-refractivity contribution is 7.16. The van der Waals surface area contributed by atoms with Crippen molar-refractivity contribution in [2.24, 2.45) is 0 Å². The second-order valence-corrected chi connectivity index (χ2v) is 5.40. The zero-order valence-corrected chi connectivity index (χ0v) is 12.1. The van der Waals surface area contributed by atoms with Crippen molar-refractivity contribution < 1.29 is 13.6 Å². The summed E-state index contributed by atoms with van der Waals surface area (Å²) in [6.45, 7) is 1.54. The van der Waals surface area contributed by atoms with Gasteiger partial charge in [0.15, 0.2) is 0 Å². The minimum absolute atomic E-state index is 0.260. The number of halogens is 2. The van der Waals surface area contributed by atoms with Gasteiger partial charge in [0.1, 0.15) is 22.3 Å². The third-order valence-corrected chi connectivity index (χ3v) is 3.86. The quantitative estimate of drug-likeness (QED) is 0.788. The van der Waals surface area contributed by atoms with Gasteiger partial charge in [-0.15, -0.1) is 11.3 Å². The summed E-state index contributed by atoms with van der Waals surface area (Å²) in [6.07, 6.45) is 0. The molecule has 3 aromatic rings. The number of aromatic nitrogens is 2. The molecule has 1 N–H and O–H groups in total. The Labute approximate surface area is 126 Å². The van der Waals surface area contributed by atoms with Crippen LogP contribution in [0.4, 0.5) is 8.78 Å². The Morgan fingerprint density at radius 3 is 2.82 bits per heavy atom. The third kappa shape index (κ3) is 2.37. The first-order valence-electron chi connectivity index (χ1n) is 6.20. The van der Waals surface area contributed by atoms with Gasteiger partial charge in [-0.25, -0.2) is 18.4 Å². The molecule has 0 spiro atoms. The molecule has 1 amide bonds. The molecule has 0 fully saturated rings. The topological polar surface area (TPSA) is 64.0 Å². The van der Waals surface area contributed by atoms with Gasteiger partial charge in [0, 0.05) is 6.07 Å². The Balaban J connectivity index is 2.02. The lowest BCUT2D eigenvalue weighted by molar-refractivity contribution is 0.100. The molecule has 8 heteroatoms. The largest absolute Gasteiger partial charge is 0.281 e. The van der Waals surface area contributed by atoms with E-state index in [-0.39, 0.29) is 11.4 Å². The first kappa shape index (κ1) is 14.3. The maximum atomic E-state index is 13.6. The molecule has 0 saturated carbocycles. The lowest BCUT2D eigenvalue weighted by Gasteiger charge is -2.11. The Morgan fingerprint density at radius 1 is 1.32 bits per heavy atom. The number of rotatable bonds is 2. The summed E-state index contributed by atoms with van der Waals surface area (Å²) in [5.41, 5.74) is 1.46. The fraction of sp³-hybridized carbons (Fsp3) is 0.0714. The molecule has 0 unspecified atom stereocenters. The highest BCUT2D eigenvalue weighted by Gasteiger charge is 2.16. The molecule has 0 aliphatic heterocycles. The van der Waals surface area contributed by atoms with Crippen LogP contribution in [-0.2, 0) is 0 Å². The number of benzene rings is 1. The molecule has 2 aromatic heterocycles. The summed E-state index contributed by atoms with van der Waals surface area (Å²) in [5.74, 6) is -2.40. The smallest absolute Gasteiger partial charge is 0.267 e. The minimum atomic E-state index is -1.01. The third-order valence-electron chi connectivity index (χ3n) is 3.05. The van der Waals surface area contributed by atoms with Crippen molar-refractivity contribution >= 4 is 27.5 Å². The van der Waals surface area contributed by atoms with Crippen LogP contribution in [0.2, 0.25) is 0 Å². The van der Waals surface area contributed by atoms with Crippen LogP contribution < -0.4 is 11.0 Å². The van der Waals surface area contributed by atoms with Gasteiger partial charge in [0.2, 0.25) is 0 Å². The van der Waals surface area contributed by atoms with Crippen LogP contribution in [0.1, 0.15) is 16.2 Å². The van der Waals surface area contributed by atoms with Crippen LogP contribution in [0.5, 0.6) is 0 Å². The molecule has 0 atom stereocenters. The average Bonchev–Trinajstić information content (AvgIpc) is 2.91.